The number of ether oxygens (including phenoxy) is 1. The zero-order chi connectivity index (χ0) is 19.5. The van der Waals surface area contributed by atoms with E-state index in [9.17, 15) is 9.59 Å². The first-order chi connectivity index (χ1) is 12.0. The van der Waals surface area contributed by atoms with Crippen LogP contribution in [0.3, 0.4) is 0 Å². The molecule has 6 nitrogen and oxygen atoms in total. The number of hydrogen-bond donors (Lipinski definition) is 1. The molecule has 26 heavy (non-hydrogen) atoms. The number of nitrogens with zero attached hydrogens (tertiary/aromatic N) is 2. The molecule has 0 aliphatic carbocycles. The van der Waals surface area contributed by atoms with Crippen LogP contribution in [0.25, 0.3) is 0 Å². The average Bonchev–Trinajstić information content (AvgIpc) is 2.47. The molecule has 1 aliphatic rings. The Morgan fingerprint density at radius 2 is 2.00 bits per heavy atom. The Morgan fingerprint density at radius 3 is 2.54 bits per heavy atom. The van der Waals surface area contributed by atoms with Gasteiger partial charge in [0.05, 0.1) is 6.42 Å². The molecule has 1 heterocycles. The number of carbonyl (C=O) groups excluding carboxylic acids is 1. The van der Waals surface area contributed by atoms with Crippen LogP contribution >= 0.6 is 11.6 Å². The number of carbonyl (C=O) groups is 2. The Morgan fingerprint density at radius 1 is 1.31 bits per heavy atom. The normalized spacial score (nSPS) is 18.7. The summed E-state index contributed by atoms with van der Waals surface area (Å²) in [5, 5.41) is 9.44. The standard InChI is InChI=1S/C19H27ClN2O4/c1-13-11-21(7-8-22(13)18(25)26-19(2,3)4)12-15-6-5-14(9-16(15)20)10-17(23)24/h5-6,9,13H,7-8,10-12H2,1-4H3,(H,23,24)/t13-/m0/s1. The zero-order valence-corrected chi connectivity index (χ0v) is 16.5. The molecule has 1 N–H and O–H groups in total. The SMILES string of the molecule is C[C@H]1CN(Cc2ccc(CC(=O)O)cc2Cl)CCN1C(=O)OC(C)(C)C. The molecule has 7 heteroatoms. The van der Waals surface area contributed by atoms with Gasteiger partial charge < -0.3 is 14.7 Å². The second kappa shape index (κ2) is 8.27. The quantitative estimate of drug-likeness (QED) is 0.864. The Hall–Kier alpha value is -1.79. The van der Waals surface area contributed by atoms with Crippen molar-refractivity contribution in [2.45, 2.75) is 52.3 Å². The van der Waals surface area contributed by atoms with Gasteiger partial charge in [0.15, 0.2) is 0 Å². The van der Waals surface area contributed by atoms with Gasteiger partial charge in [0.1, 0.15) is 5.60 Å². The fourth-order valence-electron chi connectivity index (χ4n) is 3.01. The van der Waals surface area contributed by atoms with Crippen LogP contribution in [0.1, 0.15) is 38.8 Å². The molecular weight excluding hydrogens is 356 g/mol. The van der Waals surface area contributed by atoms with E-state index >= 15 is 0 Å². The third kappa shape index (κ3) is 5.88. The number of carboxylic acids is 1. The highest BCUT2D eigenvalue weighted by molar-refractivity contribution is 6.31. The molecule has 0 bridgehead atoms. The second-order valence-corrected chi connectivity index (χ2v) is 8.16. The number of carboxylic acid groups (broad SMARTS) is 1. The lowest BCUT2D eigenvalue weighted by Crippen LogP contribution is -2.54. The lowest BCUT2D eigenvalue weighted by molar-refractivity contribution is -0.136. The fraction of sp³-hybridized carbons (Fsp3) is 0.579. The van der Waals surface area contributed by atoms with E-state index in [1.807, 2.05) is 33.8 Å². The first-order valence-electron chi connectivity index (χ1n) is 8.76. The molecule has 1 atom stereocenters. The van der Waals surface area contributed by atoms with Crippen LogP contribution in [0.2, 0.25) is 5.02 Å². The lowest BCUT2D eigenvalue weighted by atomic mass is 10.1. The summed E-state index contributed by atoms with van der Waals surface area (Å²) in [5.41, 5.74) is 1.15. The van der Waals surface area contributed by atoms with E-state index in [1.165, 1.54) is 0 Å². The van der Waals surface area contributed by atoms with Crippen LogP contribution in [-0.2, 0) is 22.5 Å². The van der Waals surface area contributed by atoms with Crippen LogP contribution in [0.5, 0.6) is 0 Å². The summed E-state index contributed by atoms with van der Waals surface area (Å²) in [6.45, 7) is 10.3. The summed E-state index contributed by atoms with van der Waals surface area (Å²) in [6.07, 6.45) is -0.313. The molecule has 0 aromatic heterocycles. The monoisotopic (exact) mass is 382 g/mol. The fourth-order valence-corrected chi connectivity index (χ4v) is 3.28. The van der Waals surface area contributed by atoms with Crippen molar-refractivity contribution in [3.63, 3.8) is 0 Å². The molecule has 0 unspecified atom stereocenters. The predicted octanol–water partition coefficient (Wildman–Crippen LogP) is 3.41. The molecule has 1 amide bonds. The summed E-state index contributed by atoms with van der Waals surface area (Å²) in [7, 11) is 0. The van der Waals surface area contributed by atoms with Crippen molar-refractivity contribution >= 4 is 23.7 Å². The van der Waals surface area contributed by atoms with Crippen molar-refractivity contribution in [1.82, 2.24) is 9.80 Å². The third-order valence-electron chi connectivity index (χ3n) is 4.21. The van der Waals surface area contributed by atoms with Crippen LogP contribution in [-0.4, -0.2) is 58.2 Å². The highest BCUT2D eigenvalue weighted by Gasteiger charge is 2.30. The van der Waals surface area contributed by atoms with Crippen molar-refractivity contribution in [2.24, 2.45) is 0 Å². The molecule has 0 saturated carbocycles. The van der Waals surface area contributed by atoms with E-state index in [0.717, 1.165) is 18.7 Å². The van der Waals surface area contributed by atoms with Crippen LogP contribution < -0.4 is 0 Å². The van der Waals surface area contributed by atoms with Gasteiger partial charge in [-0.25, -0.2) is 4.79 Å². The van der Waals surface area contributed by atoms with Crippen molar-refractivity contribution in [2.75, 3.05) is 19.6 Å². The Balaban J connectivity index is 1.95. The molecule has 0 radical (unpaired) electrons. The van der Waals surface area contributed by atoms with E-state index < -0.39 is 11.6 Å². The van der Waals surface area contributed by atoms with Gasteiger partial charge in [-0.3, -0.25) is 9.69 Å². The van der Waals surface area contributed by atoms with Crippen LogP contribution in [0.15, 0.2) is 18.2 Å². The van der Waals surface area contributed by atoms with Gasteiger partial charge in [-0.15, -0.1) is 0 Å². The number of amides is 1. The minimum Gasteiger partial charge on any atom is -0.481 e. The largest absolute Gasteiger partial charge is 0.481 e. The zero-order valence-electron chi connectivity index (χ0n) is 15.8. The third-order valence-corrected chi connectivity index (χ3v) is 4.56. The minimum absolute atomic E-state index is 0.0361. The molecule has 1 fully saturated rings. The van der Waals surface area contributed by atoms with E-state index in [0.29, 0.717) is 23.7 Å². The van der Waals surface area contributed by atoms with Gasteiger partial charge in [0.25, 0.3) is 0 Å². The molecule has 1 aromatic carbocycles. The van der Waals surface area contributed by atoms with Gasteiger partial charge in [-0.05, 0) is 44.9 Å². The maximum atomic E-state index is 12.3. The number of rotatable bonds is 4. The molecule has 1 saturated heterocycles. The Bertz CT molecular complexity index is 672. The number of hydrogen-bond acceptors (Lipinski definition) is 4. The first-order valence-corrected chi connectivity index (χ1v) is 9.14. The van der Waals surface area contributed by atoms with E-state index in [-0.39, 0.29) is 18.6 Å². The Kier molecular flexibility index (Phi) is 6.53. The summed E-state index contributed by atoms with van der Waals surface area (Å²) < 4.78 is 5.46. The summed E-state index contributed by atoms with van der Waals surface area (Å²) in [6, 6.07) is 5.44. The van der Waals surface area contributed by atoms with E-state index in [2.05, 4.69) is 4.90 Å². The molecule has 1 aromatic rings. The van der Waals surface area contributed by atoms with Crippen LogP contribution in [0.4, 0.5) is 4.79 Å². The van der Waals surface area contributed by atoms with Crippen molar-refractivity contribution in [1.29, 1.82) is 0 Å². The maximum absolute atomic E-state index is 12.3. The Labute approximate surface area is 159 Å². The van der Waals surface area contributed by atoms with Gasteiger partial charge in [0.2, 0.25) is 0 Å². The van der Waals surface area contributed by atoms with Crippen molar-refractivity contribution in [3.05, 3.63) is 34.3 Å². The molecule has 0 spiro atoms. The average molecular weight is 383 g/mol. The van der Waals surface area contributed by atoms with Crippen molar-refractivity contribution in [3.8, 4) is 0 Å². The summed E-state index contributed by atoms with van der Waals surface area (Å²) >= 11 is 6.32. The predicted molar refractivity (Wildman–Crippen MR) is 100 cm³/mol. The number of halogens is 1. The van der Waals surface area contributed by atoms with E-state index in [4.69, 9.17) is 21.4 Å². The van der Waals surface area contributed by atoms with Gasteiger partial charge in [-0.2, -0.15) is 0 Å². The highest BCUT2D eigenvalue weighted by atomic mass is 35.5. The van der Waals surface area contributed by atoms with Crippen LogP contribution in [0, 0.1) is 0 Å². The molecule has 2 rings (SSSR count). The summed E-state index contributed by atoms with van der Waals surface area (Å²) in [4.78, 5) is 27.1. The van der Waals surface area contributed by atoms with Gasteiger partial charge in [0, 0.05) is 37.2 Å². The maximum Gasteiger partial charge on any atom is 0.410 e. The minimum atomic E-state index is -0.874. The van der Waals surface area contributed by atoms with Gasteiger partial charge in [-0.1, -0.05) is 23.7 Å². The first kappa shape index (κ1) is 20.5. The molecule has 1 aliphatic heterocycles. The highest BCUT2D eigenvalue weighted by Crippen LogP contribution is 2.22. The van der Waals surface area contributed by atoms with Crippen molar-refractivity contribution < 1.29 is 19.4 Å². The smallest absolute Gasteiger partial charge is 0.410 e. The molecule has 144 valence electrons. The lowest BCUT2D eigenvalue weighted by Gasteiger charge is -2.40. The number of aliphatic carboxylic acids is 1. The summed E-state index contributed by atoms with van der Waals surface area (Å²) in [5.74, 6) is -0.874. The number of benzene rings is 1. The van der Waals surface area contributed by atoms with Gasteiger partial charge >= 0.3 is 12.1 Å². The molecular formula is C19H27ClN2O4. The topological polar surface area (TPSA) is 70.1 Å². The van der Waals surface area contributed by atoms with E-state index in [1.54, 1.807) is 17.0 Å². The second-order valence-electron chi connectivity index (χ2n) is 7.75. The number of piperazine rings is 1.